The minimum absolute atomic E-state index is 0.116. The first kappa shape index (κ1) is 12.1. The number of aryl methyl sites for hydroxylation is 2. The predicted molar refractivity (Wildman–Crippen MR) is 64.3 cm³/mol. The van der Waals surface area contributed by atoms with Crippen LogP contribution in [0.1, 0.15) is 24.7 Å². The zero-order valence-corrected chi connectivity index (χ0v) is 11.4. The van der Waals surface area contributed by atoms with Crippen molar-refractivity contribution in [2.24, 2.45) is 7.05 Å². The van der Waals surface area contributed by atoms with Gasteiger partial charge in [-0.1, -0.05) is 0 Å². The van der Waals surface area contributed by atoms with Crippen LogP contribution in [0.3, 0.4) is 0 Å². The maximum Gasteiger partial charge on any atom is 0.0982 e. The van der Waals surface area contributed by atoms with Crippen LogP contribution in [0.15, 0.2) is 4.47 Å². The van der Waals surface area contributed by atoms with Gasteiger partial charge in [0.25, 0.3) is 0 Å². The van der Waals surface area contributed by atoms with Crippen LogP contribution in [0.25, 0.3) is 0 Å². The molecule has 2 atom stereocenters. The number of aromatic nitrogens is 2. The van der Waals surface area contributed by atoms with Gasteiger partial charge in [-0.05, 0) is 29.8 Å². The molecule has 1 N–H and O–H groups in total. The highest BCUT2D eigenvalue weighted by molar-refractivity contribution is 9.10. The molecule has 0 bridgehead atoms. The van der Waals surface area contributed by atoms with E-state index in [0.717, 1.165) is 15.9 Å². The Morgan fingerprint density at radius 2 is 2.38 bits per heavy atom. The van der Waals surface area contributed by atoms with Gasteiger partial charge in [-0.2, -0.15) is 5.10 Å². The van der Waals surface area contributed by atoms with Gasteiger partial charge in [-0.25, -0.2) is 0 Å². The van der Waals surface area contributed by atoms with E-state index in [1.54, 1.807) is 0 Å². The number of ether oxygens (including phenoxy) is 1. The standard InChI is InChI=1S/C11H17BrN2O2/c1-7-10(12)9(14(3)13-7)6-11(15)4-5-16-8(11)2/h8,15H,4-6H2,1-3H3. The quantitative estimate of drug-likeness (QED) is 0.899. The molecular formula is C11H17BrN2O2. The summed E-state index contributed by atoms with van der Waals surface area (Å²) in [6.45, 7) is 4.50. The normalized spacial score (nSPS) is 29.9. The number of aliphatic hydroxyl groups is 1. The van der Waals surface area contributed by atoms with E-state index in [9.17, 15) is 5.11 Å². The number of halogens is 1. The van der Waals surface area contributed by atoms with Gasteiger partial charge >= 0.3 is 0 Å². The minimum Gasteiger partial charge on any atom is -0.387 e. The van der Waals surface area contributed by atoms with Gasteiger partial charge < -0.3 is 9.84 Å². The number of hydrogen-bond donors (Lipinski definition) is 1. The first-order chi connectivity index (χ1) is 7.44. The SMILES string of the molecule is Cc1nn(C)c(CC2(O)CCOC2C)c1Br. The summed E-state index contributed by atoms with van der Waals surface area (Å²) >= 11 is 3.52. The molecule has 2 heterocycles. The minimum atomic E-state index is -0.761. The second-order valence-electron chi connectivity index (χ2n) is 4.51. The third-order valence-corrected chi connectivity index (χ3v) is 4.43. The van der Waals surface area contributed by atoms with E-state index in [1.807, 2.05) is 25.6 Å². The Bertz CT molecular complexity index is 405. The zero-order chi connectivity index (χ0) is 11.9. The van der Waals surface area contributed by atoms with E-state index in [1.165, 1.54) is 0 Å². The van der Waals surface area contributed by atoms with Crippen molar-refractivity contribution in [3.63, 3.8) is 0 Å². The number of rotatable bonds is 2. The summed E-state index contributed by atoms with van der Waals surface area (Å²) < 4.78 is 8.24. The molecule has 0 aromatic carbocycles. The second kappa shape index (κ2) is 4.13. The molecule has 16 heavy (non-hydrogen) atoms. The Kier molecular flexibility index (Phi) is 3.11. The average Bonchev–Trinajstić information content (AvgIpc) is 2.64. The van der Waals surface area contributed by atoms with Crippen molar-refractivity contribution >= 4 is 15.9 Å². The number of hydrogen-bond acceptors (Lipinski definition) is 3. The molecule has 1 aromatic rings. The maximum atomic E-state index is 10.5. The maximum absolute atomic E-state index is 10.5. The van der Waals surface area contributed by atoms with Crippen molar-refractivity contribution < 1.29 is 9.84 Å². The van der Waals surface area contributed by atoms with Gasteiger partial charge in [-0.3, -0.25) is 4.68 Å². The molecule has 0 aliphatic carbocycles. The fourth-order valence-corrected chi connectivity index (χ4v) is 2.64. The Balaban J connectivity index is 2.26. The smallest absolute Gasteiger partial charge is 0.0982 e. The molecule has 4 nitrogen and oxygen atoms in total. The fraction of sp³-hybridized carbons (Fsp3) is 0.727. The molecule has 0 saturated carbocycles. The van der Waals surface area contributed by atoms with E-state index in [-0.39, 0.29) is 6.10 Å². The molecule has 1 saturated heterocycles. The van der Waals surface area contributed by atoms with Gasteiger partial charge in [0.05, 0.1) is 27.6 Å². The largest absolute Gasteiger partial charge is 0.387 e. The highest BCUT2D eigenvalue weighted by atomic mass is 79.9. The summed E-state index contributed by atoms with van der Waals surface area (Å²) in [5.41, 5.74) is 1.22. The molecule has 0 radical (unpaired) electrons. The van der Waals surface area contributed by atoms with Crippen LogP contribution in [-0.2, 0) is 18.2 Å². The summed E-state index contributed by atoms with van der Waals surface area (Å²) in [5.74, 6) is 0. The third-order valence-electron chi connectivity index (χ3n) is 3.39. The summed E-state index contributed by atoms with van der Waals surface area (Å²) in [5, 5.41) is 14.8. The molecule has 5 heteroatoms. The summed E-state index contributed by atoms with van der Waals surface area (Å²) in [4.78, 5) is 0. The molecule has 2 unspecified atom stereocenters. The molecule has 0 spiro atoms. The first-order valence-electron chi connectivity index (χ1n) is 5.46. The number of nitrogens with zero attached hydrogens (tertiary/aromatic N) is 2. The van der Waals surface area contributed by atoms with Gasteiger partial charge in [-0.15, -0.1) is 0 Å². The van der Waals surface area contributed by atoms with Gasteiger partial charge in [0.1, 0.15) is 0 Å². The monoisotopic (exact) mass is 288 g/mol. The van der Waals surface area contributed by atoms with Crippen molar-refractivity contribution in [3.05, 3.63) is 15.9 Å². The Hall–Kier alpha value is -0.390. The van der Waals surface area contributed by atoms with Crippen LogP contribution in [0.4, 0.5) is 0 Å². The summed E-state index contributed by atoms with van der Waals surface area (Å²) in [7, 11) is 1.90. The first-order valence-corrected chi connectivity index (χ1v) is 6.25. The molecule has 90 valence electrons. The second-order valence-corrected chi connectivity index (χ2v) is 5.31. The van der Waals surface area contributed by atoms with E-state index < -0.39 is 5.60 Å². The fourth-order valence-electron chi connectivity index (χ4n) is 2.17. The highest BCUT2D eigenvalue weighted by Gasteiger charge is 2.40. The summed E-state index contributed by atoms with van der Waals surface area (Å²) in [6.07, 6.45) is 1.14. The Labute approximate surface area is 104 Å². The molecule has 1 aliphatic rings. The van der Waals surface area contributed by atoms with Crippen LogP contribution in [0.5, 0.6) is 0 Å². The topological polar surface area (TPSA) is 47.3 Å². The van der Waals surface area contributed by atoms with E-state index >= 15 is 0 Å². The van der Waals surface area contributed by atoms with Gasteiger partial charge in [0.2, 0.25) is 0 Å². The van der Waals surface area contributed by atoms with Crippen molar-refractivity contribution in [1.29, 1.82) is 0 Å². The lowest BCUT2D eigenvalue weighted by Crippen LogP contribution is -2.39. The lowest BCUT2D eigenvalue weighted by atomic mass is 9.91. The lowest BCUT2D eigenvalue weighted by Gasteiger charge is -2.26. The van der Waals surface area contributed by atoms with Crippen LogP contribution < -0.4 is 0 Å². The Morgan fingerprint density at radius 1 is 1.69 bits per heavy atom. The molecular weight excluding hydrogens is 272 g/mol. The molecule has 1 aliphatic heterocycles. The predicted octanol–water partition coefficient (Wildman–Crippen LogP) is 1.57. The van der Waals surface area contributed by atoms with Crippen molar-refractivity contribution in [1.82, 2.24) is 9.78 Å². The third kappa shape index (κ3) is 1.92. The molecule has 1 fully saturated rings. The van der Waals surface area contributed by atoms with Crippen molar-refractivity contribution in [2.75, 3.05) is 6.61 Å². The highest BCUT2D eigenvalue weighted by Crippen LogP contribution is 2.32. The van der Waals surface area contributed by atoms with Crippen LogP contribution in [0, 0.1) is 6.92 Å². The lowest BCUT2D eigenvalue weighted by molar-refractivity contribution is -0.0280. The van der Waals surface area contributed by atoms with E-state index in [2.05, 4.69) is 21.0 Å². The average molecular weight is 289 g/mol. The van der Waals surface area contributed by atoms with Gasteiger partial charge in [0, 0.05) is 26.5 Å². The van der Waals surface area contributed by atoms with E-state index in [4.69, 9.17) is 4.74 Å². The molecule has 1 aromatic heterocycles. The van der Waals surface area contributed by atoms with Crippen molar-refractivity contribution in [2.45, 2.75) is 38.4 Å². The van der Waals surface area contributed by atoms with Crippen LogP contribution in [0.2, 0.25) is 0 Å². The van der Waals surface area contributed by atoms with Crippen LogP contribution in [-0.4, -0.2) is 33.2 Å². The van der Waals surface area contributed by atoms with Crippen LogP contribution >= 0.6 is 15.9 Å². The molecule has 0 amide bonds. The molecule has 2 rings (SSSR count). The summed E-state index contributed by atoms with van der Waals surface area (Å²) in [6, 6.07) is 0. The van der Waals surface area contributed by atoms with Gasteiger partial charge in [0.15, 0.2) is 0 Å². The van der Waals surface area contributed by atoms with E-state index in [0.29, 0.717) is 19.4 Å². The van der Waals surface area contributed by atoms with Crippen molar-refractivity contribution in [3.8, 4) is 0 Å². The zero-order valence-electron chi connectivity index (χ0n) is 9.83. The Morgan fingerprint density at radius 3 is 2.81 bits per heavy atom.